The average molecular weight is 438 g/mol. The Balaban J connectivity index is 1.59. The van der Waals surface area contributed by atoms with Gasteiger partial charge in [0.1, 0.15) is 4.83 Å². The first-order valence-corrected chi connectivity index (χ1v) is 11.4. The number of rotatable bonds is 4. The molecule has 1 aromatic carbocycles. The van der Waals surface area contributed by atoms with Crippen molar-refractivity contribution in [2.24, 2.45) is 11.3 Å². The van der Waals surface area contributed by atoms with E-state index in [-0.39, 0.29) is 29.2 Å². The molecule has 1 unspecified atom stereocenters. The lowest BCUT2D eigenvalue weighted by Gasteiger charge is -2.33. The number of carbonyl (C=O) groups excluding carboxylic acids is 2. The third kappa shape index (κ3) is 4.32. The van der Waals surface area contributed by atoms with Gasteiger partial charge in [-0.05, 0) is 60.4 Å². The van der Waals surface area contributed by atoms with Gasteiger partial charge in [0.25, 0.3) is 5.56 Å². The van der Waals surface area contributed by atoms with Gasteiger partial charge in [-0.3, -0.25) is 19.0 Å². The molecule has 3 aromatic rings. The van der Waals surface area contributed by atoms with Crippen LogP contribution in [0.4, 0.5) is 5.69 Å². The van der Waals surface area contributed by atoms with Crippen LogP contribution in [0.25, 0.3) is 10.2 Å². The van der Waals surface area contributed by atoms with Crippen molar-refractivity contribution in [1.29, 1.82) is 0 Å². The van der Waals surface area contributed by atoms with E-state index in [0.717, 1.165) is 29.7 Å². The largest absolute Gasteiger partial charge is 0.326 e. The summed E-state index contributed by atoms with van der Waals surface area (Å²) in [6.45, 7) is 8.19. The number of Topliss-reactive ketones (excluding diaryl/α,β-unsaturated/α-hetero) is 1. The SMILES string of the molecule is CC(=O)Nc1ccc(C(=O)Cn2cnc3sc4c(c3c2=O)CCC(C(C)(C)C)C4)cc1. The van der Waals surface area contributed by atoms with E-state index in [4.69, 9.17) is 0 Å². The number of hydrogen-bond donors (Lipinski definition) is 1. The Bertz CT molecular complexity index is 1220. The predicted octanol–water partition coefficient (Wildman–Crippen LogP) is 4.45. The topological polar surface area (TPSA) is 81.1 Å². The van der Waals surface area contributed by atoms with E-state index in [1.807, 2.05) is 0 Å². The number of hydrogen-bond acceptors (Lipinski definition) is 5. The van der Waals surface area contributed by atoms with Crippen LogP contribution in [0.15, 0.2) is 35.4 Å². The molecule has 7 heteroatoms. The molecule has 0 spiro atoms. The van der Waals surface area contributed by atoms with Gasteiger partial charge in [0, 0.05) is 23.1 Å². The summed E-state index contributed by atoms with van der Waals surface area (Å²) in [4.78, 5) is 43.6. The van der Waals surface area contributed by atoms with Gasteiger partial charge in [0.15, 0.2) is 5.78 Å². The van der Waals surface area contributed by atoms with Gasteiger partial charge in [-0.2, -0.15) is 0 Å². The average Bonchev–Trinajstić information content (AvgIpc) is 3.08. The summed E-state index contributed by atoms with van der Waals surface area (Å²) in [5, 5.41) is 3.36. The number of amides is 1. The number of ketones is 1. The number of fused-ring (bicyclic) bond motifs is 3. The van der Waals surface area contributed by atoms with Gasteiger partial charge < -0.3 is 5.32 Å². The molecular formula is C24H27N3O3S. The lowest BCUT2D eigenvalue weighted by molar-refractivity contribution is -0.114. The monoisotopic (exact) mass is 437 g/mol. The molecule has 1 aliphatic rings. The quantitative estimate of drug-likeness (QED) is 0.612. The number of aromatic nitrogens is 2. The molecule has 0 bridgehead atoms. The molecule has 1 N–H and O–H groups in total. The molecule has 31 heavy (non-hydrogen) atoms. The zero-order valence-electron chi connectivity index (χ0n) is 18.3. The van der Waals surface area contributed by atoms with Crippen LogP contribution in [-0.2, 0) is 24.2 Å². The fourth-order valence-electron chi connectivity index (χ4n) is 4.24. The van der Waals surface area contributed by atoms with E-state index < -0.39 is 0 Å². The van der Waals surface area contributed by atoms with E-state index in [2.05, 4.69) is 31.1 Å². The molecule has 0 fully saturated rings. The zero-order valence-corrected chi connectivity index (χ0v) is 19.1. The lowest BCUT2D eigenvalue weighted by atomic mass is 9.72. The van der Waals surface area contributed by atoms with Crippen LogP contribution in [0.2, 0.25) is 0 Å². The van der Waals surface area contributed by atoms with E-state index >= 15 is 0 Å². The molecule has 0 radical (unpaired) electrons. The number of nitrogens with zero attached hydrogens (tertiary/aromatic N) is 2. The number of thiophene rings is 1. The molecule has 0 saturated heterocycles. The second-order valence-electron chi connectivity index (χ2n) is 9.35. The molecule has 0 aliphatic heterocycles. The minimum Gasteiger partial charge on any atom is -0.326 e. The Morgan fingerprint density at radius 1 is 1.23 bits per heavy atom. The van der Waals surface area contributed by atoms with Crippen LogP contribution in [0, 0.1) is 11.3 Å². The first-order chi connectivity index (χ1) is 14.6. The maximum Gasteiger partial charge on any atom is 0.262 e. The van der Waals surface area contributed by atoms with Crippen LogP contribution in [0.3, 0.4) is 0 Å². The smallest absolute Gasteiger partial charge is 0.262 e. The molecule has 1 aliphatic carbocycles. The van der Waals surface area contributed by atoms with Crippen molar-refractivity contribution in [2.75, 3.05) is 5.32 Å². The van der Waals surface area contributed by atoms with Crippen LogP contribution < -0.4 is 10.9 Å². The van der Waals surface area contributed by atoms with Crippen molar-refractivity contribution >= 4 is 38.9 Å². The Morgan fingerprint density at radius 2 is 1.94 bits per heavy atom. The van der Waals surface area contributed by atoms with E-state index in [9.17, 15) is 14.4 Å². The number of benzene rings is 1. The van der Waals surface area contributed by atoms with Gasteiger partial charge in [0.2, 0.25) is 5.91 Å². The van der Waals surface area contributed by atoms with Crippen molar-refractivity contribution in [3.8, 4) is 0 Å². The summed E-state index contributed by atoms with van der Waals surface area (Å²) in [5.41, 5.74) is 2.34. The highest BCUT2D eigenvalue weighted by Gasteiger charge is 2.31. The maximum absolute atomic E-state index is 13.2. The fraction of sp³-hybridized carbons (Fsp3) is 0.417. The van der Waals surface area contributed by atoms with Crippen molar-refractivity contribution in [3.05, 3.63) is 57.0 Å². The maximum atomic E-state index is 13.2. The van der Waals surface area contributed by atoms with E-state index in [1.165, 1.54) is 22.7 Å². The Labute approximate surface area is 185 Å². The molecular weight excluding hydrogens is 410 g/mol. The molecule has 162 valence electrons. The summed E-state index contributed by atoms with van der Waals surface area (Å²) in [7, 11) is 0. The van der Waals surface area contributed by atoms with Crippen LogP contribution in [-0.4, -0.2) is 21.2 Å². The highest BCUT2D eigenvalue weighted by atomic mass is 32.1. The Kier molecular flexibility index (Phi) is 5.56. The summed E-state index contributed by atoms with van der Waals surface area (Å²) >= 11 is 1.62. The summed E-state index contributed by atoms with van der Waals surface area (Å²) in [6, 6.07) is 6.67. The number of aryl methyl sites for hydroxylation is 1. The fourth-order valence-corrected chi connectivity index (χ4v) is 5.50. The van der Waals surface area contributed by atoms with E-state index in [0.29, 0.717) is 22.6 Å². The third-order valence-corrected chi connectivity index (χ3v) is 7.26. The zero-order chi connectivity index (χ0) is 22.3. The van der Waals surface area contributed by atoms with Crippen LogP contribution >= 0.6 is 11.3 Å². The van der Waals surface area contributed by atoms with Gasteiger partial charge in [0.05, 0.1) is 18.3 Å². The van der Waals surface area contributed by atoms with Crippen molar-refractivity contribution < 1.29 is 9.59 Å². The molecule has 2 heterocycles. The summed E-state index contributed by atoms with van der Waals surface area (Å²) in [5.74, 6) is 0.254. The van der Waals surface area contributed by atoms with Crippen molar-refractivity contribution in [2.45, 2.75) is 53.5 Å². The first kappa shape index (κ1) is 21.4. The van der Waals surface area contributed by atoms with Gasteiger partial charge in [-0.15, -0.1) is 11.3 Å². The third-order valence-electron chi connectivity index (χ3n) is 6.10. The number of nitrogens with one attached hydrogen (secondary N) is 1. The van der Waals surface area contributed by atoms with Gasteiger partial charge >= 0.3 is 0 Å². The summed E-state index contributed by atoms with van der Waals surface area (Å²) in [6.07, 6.45) is 4.42. The van der Waals surface area contributed by atoms with Crippen LogP contribution in [0.1, 0.15) is 54.9 Å². The lowest BCUT2D eigenvalue weighted by Crippen LogP contribution is -2.27. The first-order valence-electron chi connectivity index (χ1n) is 10.5. The molecule has 1 amide bonds. The second kappa shape index (κ2) is 8.04. The Morgan fingerprint density at radius 3 is 2.58 bits per heavy atom. The number of carbonyl (C=O) groups is 2. The van der Waals surface area contributed by atoms with Crippen molar-refractivity contribution in [1.82, 2.24) is 9.55 Å². The molecule has 0 saturated carbocycles. The molecule has 2 aromatic heterocycles. The minimum atomic E-state index is -0.172. The molecule has 1 atom stereocenters. The minimum absolute atomic E-state index is 0.0590. The standard InChI is InChI=1S/C24H27N3O3S/c1-14(28)26-17-8-5-15(6-9-17)19(29)12-27-13-25-22-21(23(27)30)18-10-7-16(24(2,3)4)11-20(18)31-22/h5-6,8-9,13,16H,7,10-12H2,1-4H3,(H,26,28). The van der Waals surface area contributed by atoms with Crippen molar-refractivity contribution in [3.63, 3.8) is 0 Å². The second-order valence-corrected chi connectivity index (χ2v) is 10.4. The molecule has 6 nitrogen and oxygen atoms in total. The summed E-state index contributed by atoms with van der Waals surface area (Å²) < 4.78 is 1.41. The Hall–Kier alpha value is -2.80. The number of anilines is 1. The highest BCUT2D eigenvalue weighted by molar-refractivity contribution is 7.18. The van der Waals surface area contributed by atoms with Gasteiger partial charge in [-0.1, -0.05) is 20.8 Å². The normalized spacial score (nSPS) is 16.2. The van der Waals surface area contributed by atoms with E-state index in [1.54, 1.807) is 35.6 Å². The van der Waals surface area contributed by atoms with Crippen LogP contribution in [0.5, 0.6) is 0 Å². The molecule has 4 rings (SSSR count). The van der Waals surface area contributed by atoms with Gasteiger partial charge in [-0.25, -0.2) is 4.98 Å². The highest BCUT2D eigenvalue weighted by Crippen LogP contribution is 2.41. The predicted molar refractivity (Wildman–Crippen MR) is 124 cm³/mol.